The molecule has 0 aliphatic carbocycles. The molecule has 1 heteroatoms. The number of hydrogen-bond donors (Lipinski definition) is 0. The smallest absolute Gasteiger partial charge is 0.0552 e. The second-order valence-corrected chi connectivity index (χ2v) is 5.01. The molecule has 0 fully saturated rings. The van der Waals surface area contributed by atoms with Gasteiger partial charge in [0.05, 0.1) is 6.10 Å². The minimum atomic E-state index is 0.330. The van der Waals surface area contributed by atoms with E-state index in [1.54, 1.807) is 0 Å². The van der Waals surface area contributed by atoms with Gasteiger partial charge in [-0.2, -0.15) is 0 Å². The zero-order valence-corrected chi connectivity index (χ0v) is 11.5. The van der Waals surface area contributed by atoms with Crippen LogP contribution in [0.2, 0.25) is 0 Å². The minimum Gasteiger partial charge on any atom is -0.379 e. The average Bonchev–Trinajstić information content (AvgIpc) is 2.38. The van der Waals surface area contributed by atoms with E-state index >= 15 is 0 Å². The standard InChI is InChI=1S/C17H22O/c1-4-18-14(3)11-13(2)16-10-9-15-7-5-6-8-17(15)12-16/h5-10,12-14H,4,11H2,1-3H3. The minimum absolute atomic E-state index is 0.330. The predicted octanol–water partition coefficient (Wildman–Crippen LogP) is 4.76. The normalized spacial score (nSPS) is 14.6. The van der Waals surface area contributed by atoms with Gasteiger partial charge in [-0.3, -0.25) is 0 Å². The fourth-order valence-electron chi connectivity index (χ4n) is 2.50. The Kier molecular flexibility index (Phi) is 4.38. The van der Waals surface area contributed by atoms with Gasteiger partial charge in [0.25, 0.3) is 0 Å². The highest BCUT2D eigenvalue weighted by molar-refractivity contribution is 5.83. The summed E-state index contributed by atoms with van der Waals surface area (Å²) in [7, 11) is 0. The summed E-state index contributed by atoms with van der Waals surface area (Å²) in [5.41, 5.74) is 1.40. The van der Waals surface area contributed by atoms with E-state index in [0.29, 0.717) is 12.0 Å². The summed E-state index contributed by atoms with van der Waals surface area (Å²) in [4.78, 5) is 0. The van der Waals surface area contributed by atoms with E-state index in [0.717, 1.165) is 13.0 Å². The highest BCUT2D eigenvalue weighted by Gasteiger charge is 2.11. The van der Waals surface area contributed by atoms with Gasteiger partial charge in [-0.25, -0.2) is 0 Å². The van der Waals surface area contributed by atoms with Crippen molar-refractivity contribution in [2.75, 3.05) is 6.61 Å². The molecule has 0 aliphatic heterocycles. The van der Waals surface area contributed by atoms with Gasteiger partial charge in [-0.15, -0.1) is 0 Å². The highest BCUT2D eigenvalue weighted by atomic mass is 16.5. The van der Waals surface area contributed by atoms with Crippen LogP contribution in [0.25, 0.3) is 10.8 Å². The van der Waals surface area contributed by atoms with Crippen LogP contribution in [-0.4, -0.2) is 12.7 Å². The lowest BCUT2D eigenvalue weighted by molar-refractivity contribution is 0.0662. The average molecular weight is 242 g/mol. The number of fused-ring (bicyclic) bond motifs is 1. The van der Waals surface area contributed by atoms with E-state index in [1.165, 1.54) is 16.3 Å². The van der Waals surface area contributed by atoms with Gasteiger partial charge in [0, 0.05) is 6.61 Å². The lowest BCUT2D eigenvalue weighted by atomic mass is 9.93. The molecule has 0 N–H and O–H groups in total. The topological polar surface area (TPSA) is 9.23 Å². The molecule has 18 heavy (non-hydrogen) atoms. The molecule has 0 aromatic heterocycles. The van der Waals surface area contributed by atoms with Crippen LogP contribution in [0.1, 0.15) is 38.7 Å². The zero-order valence-electron chi connectivity index (χ0n) is 11.5. The van der Waals surface area contributed by atoms with Crippen molar-refractivity contribution in [3.05, 3.63) is 48.0 Å². The number of ether oxygens (including phenoxy) is 1. The second-order valence-electron chi connectivity index (χ2n) is 5.01. The van der Waals surface area contributed by atoms with Crippen LogP contribution in [0.5, 0.6) is 0 Å². The lowest BCUT2D eigenvalue weighted by Gasteiger charge is -2.18. The first kappa shape index (κ1) is 13.1. The van der Waals surface area contributed by atoms with Crippen LogP contribution in [0, 0.1) is 0 Å². The van der Waals surface area contributed by atoms with E-state index in [9.17, 15) is 0 Å². The van der Waals surface area contributed by atoms with Crippen molar-refractivity contribution in [3.63, 3.8) is 0 Å². The second kappa shape index (κ2) is 6.01. The monoisotopic (exact) mass is 242 g/mol. The van der Waals surface area contributed by atoms with Gasteiger partial charge in [0.15, 0.2) is 0 Å². The van der Waals surface area contributed by atoms with Crippen molar-refractivity contribution in [2.45, 2.75) is 39.2 Å². The van der Waals surface area contributed by atoms with E-state index in [1.807, 2.05) is 0 Å². The third-order valence-corrected chi connectivity index (χ3v) is 3.48. The van der Waals surface area contributed by atoms with Crippen LogP contribution in [0.15, 0.2) is 42.5 Å². The Balaban J connectivity index is 2.15. The Morgan fingerprint density at radius 2 is 1.72 bits per heavy atom. The van der Waals surface area contributed by atoms with E-state index in [2.05, 4.69) is 63.2 Å². The Hall–Kier alpha value is -1.34. The molecular formula is C17H22O. The molecule has 1 nitrogen and oxygen atoms in total. The van der Waals surface area contributed by atoms with Gasteiger partial charge in [-0.1, -0.05) is 49.4 Å². The molecule has 2 unspecified atom stereocenters. The maximum atomic E-state index is 5.62. The van der Waals surface area contributed by atoms with Crippen LogP contribution in [-0.2, 0) is 4.74 Å². The predicted molar refractivity (Wildman–Crippen MR) is 78.1 cm³/mol. The highest BCUT2D eigenvalue weighted by Crippen LogP contribution is 2.25. The summed E-state index contributed by atoms with van der Waals surface area (Å²) in [6.45, 7) is 7.28. The fourth-order valence-corrected chi connectivity index (χ4v) is 2.50. The summed E-state index contributed by atoms with van der Waals surface area (Å²) < 4.78 is 5.62. The maximum absolute atomic E-state index is 5.62. The molecule has 0 heterocycles. The molecule has 2 aromatic rings. The fraction of sp³-hybridized carbons (Fsp3) is 0.412. The Bertz CT molecular complexity index is 504. The molecule has 0 aliphatic rings. The van der Waals surface area contributed by atoms with Crippen LogP contribution < -0.4 is 0 Å². The van der Waals surface area contributed by atoms with Crippen molar-refractivity contribution >= 4 is 10.8 Å². The van der Waals surface area contributed by atoms with E-state index in [-0.39, 0.29) is 0 Å². The first-order valence-electron chi connectivity index (χ1n) is 6.81. The molecule has 0 spiro atoms. The molecule has 0 saturated carbocycles. The first-order chi connectivity index (χ1) is 8.70. The van der Waals surface area contributed by atoms with Crippen LogP contribution in [0.3, 0.4) is 0 Å². The quantitative estimate of drug-likeness (QED) is 0.734. The summed E-state index contributed by atoms with van der Waals surface area (Å²) in [5, 5.41) is 2.64. The molecule has 0 radical (unpaired) electrons. The SMILES string of the molecule is CCOC(C)CC(C)c1ccc2ccccc2c1. The summed E-state index contributed by atoms with van der Waals surface area (Å²) in [6.07, 6.45) is 1.41. The zero-order chi connectivity index (χ0) is 13.0. The molecular weight excluding hydrogens is 220 g/mol. The van der Waals surface area contributed by atoms with Crippen LogP contribution >= 0.6 is 0 Å². The van der Waals surface area contributed by atoms with Gasteiger partial charge in [-0.05, 0) is 42.5 Å². The molecule has 0 bridgehead atoms. The number of hydrogen-bond acceptors (Lipinski definition) is 1. The number of benzene rings is 2. The van der Waals surface area contributed by atoms with Gasteiger partial charge in [0.2, 0.25) is 0 Å². The lowest BCUT2D eigenvalue weighted by Crippen LogP contribution is -2.11. The van der Waals surface area contributed by atoms with Gasteiger partial charge < -0.3 is 4.74 Å². The Labute approximate surface area is 110 Å². The first-order valence-corrected chi connectivity index (χ1v) is 6.81. The van der Waals surface area contributed by atoms with Gasteiger partial charge >= 0.3 is 0 Å². The van der Waals surface area contributed by atoms with Crippen molar-refractivity contribution < 1.29 is 4.74 Å². The third-order valence-electron chi connectivity index (χ3n) is 3.48. The summed E-state index contributed by atoms with van der Waals surface area (Å²) in [5.74, 6) is 0.538. The summed E-state index contributed by atoms with van der Waals surface area (Å²) >= 11 is 0. The van der Waals surface area contributed by atoms with Crippen molar-refractivity contribution in [3.8, 4) is 0 Å². The molecule has 0 saturated heterocycles. The Morgan fingerprint density at radius 3 is 2.44 bits per heavy atom. The molecule has 0 amide bonds. The third kappa shape index (κ3) is 3.11. The largest absolute Gasteiger partial charge is 0.379 e. The molecule has 2 aromatic carbocycles. The van der Waals surface area contributed by atoms with Gasteiger partial charge in [0.1, 0.15) is 0 Å². The molecule has 2 rings (SSSR count). The van der Waals surface area contributed by atoms with E-state index in [4.69, 9.17) is 4.74 Å². The van der Waals surface area contributed by atoms with Crippen LogP contribution in [0.4, 0.5) is 0 Å². The molecule has 2 atom stereocenters. The van der Waals surface area contributed by atoms with Crippen molar-refractivity contribution in [1.82, 2.24) is 0 Å². The maximum Gasteiger partial charge on any atom is 0.0552 e. The number of rotatable bonds is 5. The van der Waals surface area contributed by atoms with E-state index < -0.39 is 0 Å². The summed E-state index contributed by atoms with van der Waals surface area (Å²) in [6, 6.07) is 15.3. The molecule has 96 valence electrons. The Morgan fingerprint density at radius 1 is 1.00 bits per heavy atom. The van der Waals surface area contributed by atoms with Crippen molar-refractivity contribution in [1.29, 1.82) is 0 Å². The van der Waals surface area contributed by atoms with Crippen molar-refractivity contribution in [2.24, 2.45) is 0 Å².